The van der Waals surface area contributed by atoms with Crippen LogP contribution in [0.25, 0.3) is 0 Å². The van der Waals surface area contributed by atoms with E-state index in [-0.39, 0.29) is 30.4 Å². The Balaban J connectivity index is 1.36. The van der Waals surface area contributed by atoms with Crippen LogP contribution < -0.4 is 14.2 Å². The summed E-state index contributed by atoms with van der Waals surface area (Å²) in [6, 6.07) is 16.6. The van der Waals surface area contributed by atoms with Gasteiger partial charge in [0.05, 0.1) is 25.8 Å². The zero-order chi connectivity index (χ0) is 25.1. The molecule has 0 radical (unpaired) electrons. The zero-order valence-corrected chi connectivity index (χ0v) is 21.3. The molecule has 0 saturated heterocycles. The van der Waals surface area contributed by atoms with Gasteiger partial charge in [0.1, 0.15) is 18.9 Å². The normalized spacial score (nSPS) is 16.7. The highest BCUT2D eigenvalue weighted by atomic mass is 32.1. The molecule has 2 aromatic carbocycles. The lowest BCUT2D eigenvalue weighted by Crippen LogP contribution is -2.48. The molecule has 2 aliphatic rings. The summed E-state index contributed by atoms with van der Waals surface area (Å²) >= 11 is 1.71. The van der Waals surface area contributed by atoms with E-state index in [9.17, 15) is 9.59 Å². The fraction of sp³-hybridized carbons (Fsp3) is 0.357. The summed E-state index contributed by atoms with van der Waals surface area (Å²) in [6.07, 6.45) is 2.61. The standard InChI is InChI=1S/C28H30N2O5S/c1-33-23-8-4-3-7-21(23)28(32)30(19-11-12-19)17-27(31)29-15-13-26-20(14-16-36-26)22(29)18-35-25-10-6-5-9-24(25)34-2/h3-10,14,16,19,22H,11-13,15,17-18H2,1-2H3/t22-/m0/s1. The van der Waals surface area contributed by atoms with Crippen LogP contribution in [0.5, 0.6) is 17.2 Å². The molecule has 188 valence electrons. The fourth-order valence-corrected chi connectivity index (χ4v) is 5.68. The van der Waals surface area contributed by atoms with Crippen LogP contribution in [0.3, 0.4) is 0 Å². The lowest BCUT2D eigenvalue weighted by Gasteiger charge is -2.37. The largest absolute Gasteiger partial charge is 0.496 e. The van der Waals surface area contributed by atoms with Crippen molar-refractivity contribution < 1.29 is 23.8 Å². The van der Waals surface area contributed by atoms with Crippen LogP contribution >= 0.6 is 11.3 Å². The Morgan fingerprint density at radius 2 is 1.67 bits per heavy atom. The number of hydrogen-bond donors (Lipinski definition) is 0. The van der Waals surface area contributed by atoms with Crippen molar-refractivity contribution in [3.8, 4) is 17.2 Å². The van der Waals surface area contributed by atoms with E-state index in [0.717, 1.165) is 24.8 Å². The first kappa shape index (κ1) is 24.2. The highest BCUT2D eigenvalue weighted by molar-refractivity contribution is 7.10. The van der Waals surface area contributed by atoms with Crippen molar-refractivity contribution in [2.75, 3.05) is 33.9 Å². The van der Waals surface area contributed by atoms with Gasteiger partial charge in [-0.05, 0) is 60.5 Å². The highest BCUT2D eigenvalue weighted by Crippen LogP contribution is 2.36. The number of carbonyl (C=O) groups excluding carboxylic acids is 2. The minimum atomic E-state index is -0.236. The van der Waals surface area contributed by atoms with E-state index in [0.29, 0.717) is 36.0 Å². The second kappa shape index (κ2) is 10.6. The number of thiophene rings is 1. The van der Waals surface area contributed by atoms with Crippen molar-refractivity contribution in [1.29, 1.82) is 0 Å². The van der Waals surface area contributed by atoms with Crippen molar-refractivity contribution in [2.45, 2.75) is 31.3 Å². The molecule has 1 aliphatic carbocycles. The third-order valence-electron chi connectivity index (χ3n) is 6.77. The molecule has 8 heteroatoms. The first-order chi connectivity index (χ1) is 17.6. The third-order valence-corrected chi connectivity index (χ3v) is 7.77. The van der Waals surface area contributed by atoms with Crippen molar-refractivity contribution in [2.24, 2.45) is 0 Å². The Morgan fingerprint density at radius 3 is 2.39 bits per heavy atom. The van der Waals surface area contributed by atoms with Gasteiger partial charge in [0.2, 0.25) is 5.91 Å². The highest BCUT2D eigenvalue weighted by Gasteiger charge is 2.38. The molecular formula is C28H30N2O5S. The van der Waals surface area contributed by atoms with Gasteiger partial charge in [-0.15, -0.1) is 11.3 Å². The van der Waals surface area contributed by atoms with Gasteiger partial charge >= 0.3 is 0 Å². The first-order valence-electron chi connectivity index (χ1n) is 12.2. The first-order valence-corrected chi connectivity index (χ1v) is 13.0. The number of ether oxygens (including phenoxy) is 3. The Morgan fingerprint density at radius 1 is 0.972 bits per heavy atom. The van der Waals surface area contributed by atoms with E-state index in [1.54, 1.807) is 42.6 Å². The van der Waals surface area contributed by atoms with Crippen molar-refractivity contribution >= 4 is 23.2 Å². The summed E-state index contributed by atoms with van der Waals surface area (Å²) in [5, 5.41) is 2.07. The van der Waals surface area contributed by atoms with E-state index in [1.807, 2.05) is 41.3 Å². The molecule has 1 aromatic heterocycles. The third kappa shape index (κ3) is 4.91. The summed E-state index contributed by atoms with van der Waals surface area (Å²) in [5.74, 6) is 1.57. The number of carbonyl (C=O) groups is 2. The number of para-hydroxylation sites is 3. The van der Waals surface area contributed by atoms with Gasteiger partial charge in [0.25, 0.3) is 5.91 Å². The van der Waals surface area contributed by atoms with Crippen molar-refractivity contribution in [3.63, 3.8) is 0 Å². The Labute approximate surface area is 215 Å². The minimum absolute atomic E-state index is 0.0339. The van der Waals surface area contributed by atoms with Crippen LogP contribution in [0.1, 0.15) is 39.7 Å². The van der Waals surface area contributed by atoms with Crippen LogP contribution in [-0.2, 0) is 11.2 Å². The molecule has 1 fully saturated rings. The molecule has 0 N–H and O–H groups in total. The van der Waals surface area contributed by atoms with Gasteiger partial charge in [0.15, 0.2) is 11.5 Å². The quantitative estimate of drug-likeness (QED) is 0.425. The van der Waals surface area contributed by atoms with Crippen LogP contribution in [0.15, 0.2) is 60.0 Å². The second-order valence-corrected chi connectivity index (χ2v) is 9.98. The van der Waals surface area contributed by atoms with E-state index < -0.39 is 0 Å². The maximum atomic E-state index is 13.7. The molecule has 5 rings (SSSR count). The van der Waals surface area contributed by atoms with Gasteiger partial charge < -0.3 is 24.0 Å². The monoisotopic (exact) mass is 506 g/mol. The molecule has 2 amide bonds. The average Bonchev–Trinajstić information content (AvgIpc) is 3.65. The minimum Gasteiger partial charge on any atom is -0.496 e. The zero-order valence-electron chi connectivity index (χ0n) is 20.5. The maximum Gasteiger partial charge on any atom is 0.258 e. The van der Waals surface area contributed by atoms with Gasteiger partial charge in [0, 0.05) is 17.5 Å². The molecule has 1 saturated carbocycles. The molecule has 0 unspecified atom stereocenters. The topological polar surface area (TPSA) is 68.3 Å². The van der Waals surface area contributed by atoms with Crippen molar-refractivity contribution in [3.05, 3.63) is 76.0 Å². The fourth-order valence-electron chi connectivity index (χ4n) is 4.75. The summed E-state index contributed by atoms with van der Waals surface area (Å²) in [5.41, 5.74) is 1.60. The number of nitrogens with zero attached hydrogens (tertiary/aromatic N) is 2. The SMILES string of the molecule is COc1ccccc1OC[C@H]1c2ccsc2CCN1C(=O)CN(C(=O)c1ccccc1OC)C1CC1. The molecule has 7 nitrogen and oxygen atoms in total. The molecule has 1 atom stereocenters. The van der Waals surface area contributed by atoms with Crippen LogP contribution in [0.2, 0.25) is 0 Å². The van der Waals surface area contributed by atoms with Crippen molar-refractivity contribution in [1.82, 2.24) is 9.80 Å². The molecule has 1 aliphatic heterocycles. The molecule has 0 spiro atoms. The predicted molar refractivity (Wildman–Crippen MR) is 138 cm³/mol. The van der Waals surface area contributed by atoms with Crippen LogP contribution in [0, 0.1) is 0 Å². The number of amides is 2. The molecule has 3 aromatic rings. The average molecular weight is 507 g/mol. The number of methoxy groups -OCH3 is 2. The van der Waals surface area contributed by atoms with Crippen LogP contribution in [-0.4, -0.2) is 61.6 Å². The summed E-state index contributed by atoms with van der Waals surface area (Å²) < 4.78 is 17.0. The van der Waals surface area contributed by atoms with E-state index in [2.05, 4.69) is 11.4 Å². The summed E-state index contributed by atoms with van der Waals surface area (Å²) in [7, 11) is 3.16. The summed E-state index contributed by atoms with van der Waals surface area (Å²) in [4.78, 5) is 32.1. The van der Waals surface area contributed by atoms with Gasteiger partial charge in [-0.25, -0.2) is 0 Å². The van der Waals surface area contributed by atoms with Gasteiger partial charge in [-0.1, -0.05) is 24.3 Å². The molecular weight excluding hydrogens is 476 g/mol. The lowest BCUT2D eigenvalue weighted by atomic mass is 10.00. The number of rotatable bonds is 9. The van der Waals surface area contributed by atoms with E-state index in [1.165, 1.54) is 4.88 Å². The summed E-state index contributed by atoms with van der Waals surface area (Å²) in [6.45, 7) is 0.930. The molecule has 36 heavy (non-hydrogen) atoms. The molecule has 2 heterocycles. The smallest absolute Gasteiger partial charge is 0.258 e. The van der Waals surface area contributed by atoms with E-state index in [4.69, 9.17) is 14.2 Å². The predicted octanol–water partition coefficient (Wildman–Crippen LogP) is 4.57. The number of benzene rings is 2. The molecule has 0 bridgehead atoms. The van der Waals surface area contributed by atoms with Crippen LogP contribution in [0.4, 0.5) is 0 Å². The maximum absolute atomic E-state index is 13.7. The van der Waals surface area contributed by atoms with Gasteiger partial charge in [-0.3, -0.25) is 9.59 Å². The second-order valence-electron chi connectivity index (χ2n) is 8.98. The Kier molecular flexibility index (Phi) is 7.13. The Bertz CT molecular complexity index is 1240. The number of fused-ring (bicyclic) bond motifs is 1. The lowest BCUT2D eigenvalue weighted by molar-refractivity contribution is -0.135. The Hall–Kier alpha value is -3.52. The van der Waals surface area contributed by atoms with Gasteiger partial charge in [-0.2, -0.15) is 0 Å². The number of hydrogen-bond acceptors (Lipinski definition) is 6. The van der Waals surface area contributed by atoms with E-state index >= 15 is 0 Å².